The Morgan fingerprint density at radius 3 is 2.65 bits per heavy atom. The maximum absolute atomic E-state index is 12.4. The number of rotatable bonds is 3. The van der Waals surface area contributed by atoms with Gasteiger partial charge in [0.15, 0.2) is 5.82 Å². The second kappa shape index (κ2) is 5.95. The van der Waals surface area contributed by atoms with Crippen LogP contribution in [0.2, 0.25) is 0 Å². The first-order valence-electron chi connectivity index (χ1n) is 7.32. The summed E-state index contributed by atoms with van der Waals surface area (Å²) in [6.07, 6.45) is 5.50. The molecule has 1 aromatic rings. The van der Waals surface area contributed by atoms with Crippen molar-refractivity contribution in [1.29, 1.82) is 0 Å². The molecule has 20 heavy (non-hydrogen) atoms. The summed E-state index contributed by atoms with van der Waals surface area (Å²) in [6.45, 7) is 9.78. The molecule has 5 nitrogen and oxygen atoms in total. The van der Waals surface area contributed by atoms with Crippen molar-refractivity contribution in [2.24, 2.45) is 5.92 Å². The van der Waals surface area contributed by atoms with Crippen molar-refractivity contribution in [3.05, 3.63) is 22.7 Å². The third kappa shape index (κ3) is 3.39. The summed E-state index contributed by atoms with van der Waals surface area (Å²) >= 11 is 0. The van der Waals surface area contributed by atoms with Crippen LogP contribution in [0.15, 0.2) is 17.2 Å². The van der Waals surface area contributed by atoms with Gasteiger partial charge in [0.25, 0.3) is 5.56 Å². The molecule has 5 heteroatoms. The van der Waals surface area contributed by atoms with Gasteiger partial charge in [-0.25, -0.2) is 4.98 Å². The zero-order valence-electron chi connectivity index (χ0n) is 12.8. The van der Waals surface area contributed by atoms with Crippen molar-refractivity contribution in [3.63, 3.8) is 0 Å². The molecule has 0 radical (unpaired) electrons. The van der Waals surface area contributed by atoms with Crippen LogP contribution in [0.3, 0.4) is 0 Å². The Morgan fingerprint density at radius 1 is 1.40 bits per heavy atom. The molecule has 0 aromatic carbocycles. The third-order valence-electron chi connectivity index (χ3n) is 3.90. The van der Waals surface area contributed by atoms with Gasteiger partial charge in [-0.3, -0.25) is 4.79 Å². The quantitative estimate of drug-likeness (QED) is 0.922. The first kappa shape index (κ1) is 15.0. The van der Waals surface area contributed by atoms with E-state index in [4.69, 9.17) is 4.74 Å². The Bertz CT molecular complexity index is 499. The van der Waals surface area contributed by atoms with Crippen molar-refractivity contribution in [1.82, 2.24) is 9.55 Å². The summed E-state index contributed by atoms with van der Waals surface area (Å²) in [7, 11) is 0. The van der Waals surface area contributed by atoms with Gasteiger partial charge < -0.3 is 14.6 Å². The van der Waals surface area contributed by atoms with Crippen LogP contribution < -0.4 is 10.9 Å². The Morgan fingerprint density at radius 2 is 2.05 bits per heavy atom. The highest BCUT2D eigenvalue weighted by Crippen LogP contribution is 2.20. The predicted octanol–water partition coefficient (Wildman–Crippen LogP) is 2.23. The molecule has 2 heterocycles. The normalized spacial score (nSPS) is 18.8. The lowest BCUT2D eigenvalue weighted by Gasteiger charge is -2.29. The van der Waals surface area contributed by atoms with Crippen LogP contribution in [-0.4, -0.2) is 28.8 Å². The van der Waals surface area contributed by atoms with Gasteiger partial charge in [-0.1, -0.05) is 0 Å². The molecule has 2 rings (SSSR count). The van der Waals surface area contributed by atoms with Crippen LogP contribution in [0.1, 0.15) is 40.5 Å². The standard InChI is InChI=1S/C15H25N3O2/c1-11(12-5-9-20-10-6-12)17-13-14(19)18(8-7-16-13)15(2,3)4/h7-8,11-12H,5-6,9-10H2,1-4H3,(H,16,17). The molecule has 1 unspecified atom stereocenters. The first-order valence-corrected chi connectivity index (χ1v) is 7.32. The van der Waals surface area contributed by atoms with Crippen LogP contribution in [0.5, 0.6) is 0 Å². The molecule has 1 fully saturated rings. The van der Waals surface area contributed by atoms with Gasteiger partial charge >= 0.3 is 0 Å². The SMILES string of the molecule is CC(Nc1nccn(C(C)(C)C)c1=O)C1CCOCC1. The number of hydrogen-bond donors (Lipinski definition) is 1. The Balaban J connectivity index is 2.15. The van der Waals surface area contributed by atoms with E-state index in [-0.39, 0.29) is 17.1 Å². The van der Waals surface area contributed by atoms with Gasteiger partial charge in [0.05, 0.1) is 0 Å². The monoisotopic (exact) mass is 279 g/mol. The molecule has 0 amide bonds. The molecule has 1 saturated heterocycles. The molecule has 1 aromatic heterocycles. The van der Waals surface area contributed by atoms with Crippen LogP contribution in [0.25, 0.3) is 0 Å². The van der Waals surface area contributed by atoms with Crippen molar-refractivity contribution in [2.75, 3.05) is 18.5 Å². The van der Waals surface area contributed by atoms with E-state index in [1.54, 1.807) is 17.0 Å². The van der Waals surface area contributed by atoms with E-state index < -0.39 is 0 Å². The van der Waals surface area contributed by atoms with Crippen LogP contribution >= 0.6 is 0 Å². The minimum Gasteiger partial charge on any atom is -0.381 e. The molecule has 1 aliphatic heterocycles. The lowest BCUT2D eigenvalue weighted by atomic mass is 9.93. The molecule has 0 saturated carbocycles. The van der Waals surface area contributed by atoms with Gasteiger partial charge in [-0.15, -0.1) is 0 Å². The molecule has 0 aliphatic carbocycles. The lowest BCUT2D eigenvalue weighted by molar-refractivity contribution is 0.0622. The van der Waals surface area contributed by atoms with Gasteiger partial charge in [-0.2, -0.15) is 0 Å². The number of anilines is 1. The number of aromatic nitrogens is 2. The summed E-state index contributed by atoms with van der Waals surface area (Å²) in [6, 6.07) is 0.231. The van der Waals surface area contributed by atoms with Crippen molar-refractivity contribution in [2.45, 2.75) is 52.1 Å². The number of ether oxygens (including phenoxy) is 1. The molecule has 0 spiro atoms. The van der Waals surface area contributed by atoms with E-state index in [0.717, 1.165) is 26.1 Å². The molecule has 0 bridgehead atoms. The molecular weight excluding hydrogens is 254 g/mol. The fourth-order valence-corrected chi connectivity index (χ4v) is 2.59. The fourth-order valence-electron chi connectivity index (χ4n) is 2.59. The van der Waals surface area contributed by atoms with Crippen molar-refractivity contribution < 1.29 is 4.74 Å². The molecule has 1 atom stereocenters. The number of nitrogens with zero attached hydrogens (tertiary/aromatic N) is 2. The predicted molar refractivity (Wildman–Crippen MR) is 80.1 cm³/mol. The second-order valence-electron chi connectivity index (χ2n) is 6.50. The van der Waals surface area contributed by atoms with E-state index in [1.807, 2.05) is 20.8 Å². The van der Waals surface area contributed by atoms with Gasteiger partial charge in [-0.05, 0) is 46.5 Å². The fraction of sp³-hybridized carbons (Fsp3) is 0.733. The maximum Gasteiger partial charge on any atom is 0.293 e. The van der Waals surface area contributed by atoms with Crippen LogP contribution in [0, 0.1) is 5.92 Å². The van der Waals surface area contributed by atoms with E-state index in [1.165, 1.54) is 0 Å². The van der Waals surface area contributed by atoms with Crippen molar-refractivity contribution >= 4 is 5.82 Å². The Kier molecular flexibility index (Phi) is 4.48. The van der Waals surface area contributed by atoms with E-state index in [9.17, 15) is 4.79 Å². The molecular formula is C15H25N3O2. The Hall–Kier alpha value is -1.36. The van der Waals surface area contributed by atoms with Crippen LogP contribution in [-0.2, 0) is 10.3 Å². The highest BCUT2D eigenvalue weighted by Gasteiger charge is 2.23. The zero-order chi connectivity index (χ0) is 14.8. The lowest BCUT2D eigenvalue weighted by Crippen LogP contribution is -2.38. The number of hydrogen-bond acceptors (Lipinski definition) is 4. The van der Waals surface area contributed by atoms with E-state index in [2.05, 4.69) is 17.2 Å². The first-order chi connectivity index (χ1) is 9.39. The summed E-state index contributed by atoms with van der Waals surface area (Å²) in [4.78, 5) is 16.7. The average Bonchev–Trinajstić information content (AvgIpc) is 2.40. The summed E-state index contributed by atoms with van der Waals surface area (Å²) in [5.41, 5.74) is -0.294. The van der Waals surface area contributed by atoms with Crippen LogP contribution in [0.4, 0.5) is 5.82 Å². The third-order valence-corrected chi connectivity index (χ3v) is 3.90. The van der Waals surface area contributed by atoms with Gasteiger partial charge in [0.2, 0.25) is 0 Å². The highest BCUT2D eigenvalue weighted by atomic mass is 16.5. The van der Waals surface area contributed by atoms with E-state index >= 15 is 0 Å². The summed E-state index contributed by atoms with van der Waals surface area (Å²) in [5.74, 6) is 0.981. The topological polar surface area (TPSA) is 56.2 Å². The summed E-state index contributed by atoms with van der Waals surface area (Å²) < 4.78 is 7.10. The van der Waals surface area contributed by atoms with Crippen molar-refractivity contribution in [3.8, 4) is 0 Å². The minimum absolute atomic E-state index is 0.0566. The van der Waals surface area contributed by atoms with Gasteiger partial charge in [0.1, 0.15) is 0 Å². The Labute approximate surface area is 120 Å². The van der Waals surface area contributed by atoms with Gasteiger partial charge in [0, 0.05) is 37.2 Å². The maximum atomic E-state index is 12.4. The second-order valence-corrected chi connectivity index (χ2v) is 6.50. The smallest absolute Gasteiger partial charge is 0.293 e. The highest BCUT2D eigenvalue weighted by molar-refractivity contribution is 5.32. The largest absolute Gasteiger partial charge is 0.381 e. The molecule has 1 aliphatic rings. The molecule has 1 N–H and O–H groups in total. The number of nitrogens with one attached hydrogen (secondary N) is 1. The summed E-state index contributed by atoms with van der Waals surface area (Å²) in [5, 5.41) is 3.29. The van der Waals surface area contributed by atoms with E-state index in [0.29, 0.717) is 11.7 Å². The zero-order valence-corrected chi connectivity index (χ0v) is 12.8. The average molecular weight is 279 g/mol. The minimum atomic E-state index is -0.238. The molecule has 112 valence electrons.